The number of amides is 2. The minimum absolute atomic E-state index is 0.114. The molecule has 0 radical (unpaired) electrons. The number of carbonyl (C=O) groups excluding carboxylic acids is 2. The van der Waals surface area contributed by atoms with Gasteiger partial charge in [-0.3, -0.25) is 20.4 Å². The van der Waals surface area contributed by atoms with Crippen molar-refractivity contribution < 1.29 is 18.7 Å². The molecule has 1 aromatic heterocycles. The first-order valence-corrected chi connectivity index (χ1v) is 8.71. The topological polar surface area (TPSA) is 80.6 Å². The van der Waals surface area contributed by atoms with E-state index in [1.54, 1.807) is 31.2 Å². The fourth-order valence-corrected chi connectivity index (χ4v) is 2.75. The highest BCUT2D eigenvalue weighted by Crippen LogP contribution is 2.27. The molecule has 0 aliphatic carbocycles. The number of fused-ring (bicyclic) bond motifs is 1. The molecule has 27 heavy (non-hydrogen) atoms. The number of hydrogen-bond donors (Lipinski definition) is 2. The molecule has 3 rings (SSSR count). The van der Waals surface area contributed by atoms with E-state index in [-0.39, 0.29) is 12.4 Å². The Hall–Kier alpha value is -2.99. The SMILES string of the molecule is Cc1ccc(OCC(=O)NNC(=O)c2oc3ccc(Cl)cc3c2C)cc1C. The number of benzene rings is 2. The summed E-state index contributed by atoms with van der Waals surface area (Å²) in [5, 5.41) is 1.30. The maximum absolute atomic E-state index is 12.3. The molecule has 0 aliphatic rings. The lowest BCUT2D eigenvalue weighted by Crippen LogP contribution is -2.43. The smallest absolute Gasteiger partial charge is 0.305 e. The number of furan rings is 1. The molecule has 0 bridgehead atoms. The molecule has 0 aliphatic heterocycles. The zero-order valence-corrected chi connectivity index (χ0v) is 15.9. The highest BCUT2D eigenvalue weighted by Gasteiger charge is 2.18. The van der Waals surface area contributed by atoms with Crippen LogP contribution in [0.2, 0.25) is 5.02 Å². The van der Waals surface area contributed by atoms with E-state index in [2.05, 4.69) is 10.9 Å². The lowest BCUT2D eigenvalue weighted by Gasteiger charge is -2.09. The van der Waals surface area contributed by atoms with Crippen molar-refractivity contribution in [2.24, 2.45) is 0 Å². The summed E-state index contributed by atoms with van der Waals surface area (Å²) in [5.74, 6) is -0.343. The minimum atomic E-state index is -0.556. The summed E-state index contributed by atoms with van der Waals surface area (Å²) in [6.07, 6.45) is 0. The summed E-state index contributed by atoms with van der Waals surface area (Å²) in [5.41, 5.74) is 8.04. The van der Waals surface area contributed by atoms with Crippen LogP contribution in [-0.2, 0) is 4.79 Å². The molecule has 0 atom stereocenters. The van der Waals surface area contributed by atoms with Crippen molar-refractivity contribution in [3.8, 4) is 5.75 Å². The molecule has 3 aromatic rings. The summed E-state index contributed by atoms with van der Waals surface area (Å²) in [6.45, 7) is 5.49. The Kier molecular flexibility index (Phi) is 5.37. The maximum atomic E-state index is 12.3. The fourth-order valence-electron chi connectivity index (χ4n) is 2.58. The van der Waals surface area contributed by atoms with Gasteiger partial charge in [0, 0.05) is 16.0 Å². The largest absolute Gasteiger partial charge is 0.484 e. The van der Waals surface area contributed by atoms with E-state index in [9.17, 15) is 9.59 Å². The molecular weight excluding hydrogens is 368 g/mol. The molecule has 1 heterocycles. The number of nitrogens with one attached hydrogen (secondary N) is 2. The van der Waals surface area contributed by atoms with Crippen LogP contribution in [-0.4, -0.2) is 18.4 Å². The lowest BCUT2D eigenvalue weighted by atomic mass is 10.1. The third kappa shape index (κ3) is 4.23. The van der Waals surface area contributed by atoms with Gasteiger partial charge in [-0.05, 0) is 62.2 Å². The van der Waals surface area contributed by atoms with Gasteiger partial charge in [-0.15, -0.1) is 0 Å². The van der Waals surface area contributed by atoms with Crippen LogP contribution in [0.5, 0.6) is 5.75 Å². The zero-order chi connectivity index (χ0) is 19.6. The quantitative estimate of drug-likeness (QED) is 0.667. The van der Waals surface area contributed by atoms with Gasteiger partial charge in [0.25, 0.3) is 5.91 Å². The van der Waals surface area contributed by atoms with Gasteiger partial charge in [0.05, 0.1) is 0 Å². The summed E-state index contributed by atoms with van der Waals surface area (Å²) >= 11 is 5.97. The van der Waals surface area contributed by atoms with Gasteiger partial charge in [0.15, 0.2) is 12.4 Å². The van der Waals surface area contributed by atoms with E-state index in [0.29, 0.717) is 21.9 Å². The van der Waals surface area contributed by atoms with Crippen LogP contribution in [0.15, 0.2) is 40.8 Å². The van der Waals surface area contributed by atoms with Gasteiger partial charge in [0.1, 0.15) is 11.3 Å². The second-order valence-electron chi connectivity index (χ2n) is 6.23. The van der Waals surface area contributed by atoms with Crippen LogP contribution in [0.25, 0.3) is 11.0 Å². The summed E-state index contributed by atoms with van der Waals surface area (Å²) < 4.78 is 11.0. The average Bonchev–Trinajstić information content (AvgIpc) is 2.97. The molecule has 2 N–H and O–H groups in total. The van der Waals surface area contributed by atoms with Crippen LogP contribution in [0.4, 0.5) is 0 Å². The third-order valence-electron chi connectivity index (χ3n) is 4.27. The van der Waals surface area contributed by atoms with Crippen LogP contribution in [0.3, 0.4) is 0 Å². The zero-order valence-electron chi connectivity index (χ0n) is 15.2. The molecule has 0 saturated carbocycles. The molecule has 0 spiro atoms. The number of hydrogen-bond acceptors (Lipinski definition) is 4. The number of hydrazine groups is 1. The van der Waals surface area contributed by atoms with Crippen LogP contribution in [0.1, 0.15) is 27.2 Å². The predicted molar refractivity (Wildman–Crippen MR) is 103 cm³/mol. The van der Waals surface area contributed by atoms with Gasteiger partial charge in [-0.2, -0.15) is 0 Å². The van der Waals surface area contributed by atoms with Crippen molar-refractivity contribution in [1.29, 1.82) is 0 Å². The van der Waals surface area contributed by atoms with Gasteiger partial charge < -0.3 is 9.15 Å². The molecule has 2 aromatic carbocycles. The molecule has 6 nitrogen and oxygen atoms in total. The van der Waals surface area contributed by atoms with Gasteiger partial charge in [0.2, 0.25) is 0 Å². The maximum Gasteiger partial charge on any atom is 0.305 e. The van der Waals surface area contributed by atoms with Crippen molar-refractivity contribution in [1.82, 2.24) is 10.9 Å². The molecule has 2 amide bonds. The summed E-state index contributed by atoms with van der Waals surface area (Å²) in [4.78, 5) is 24.2. The Balaban J connectivity index is 1.58. The normalized spacial score (nSPS) is 10.7. The van der Waals surface area contributed by atoms with Crippen LogP contribution >= 0.6 is 11.6 Å². The highest BCUT2D eigenvalue weighted by molar-refractivity contribution is 6.31. The number of ether oxygens (including phenoxy) is 1. The van der Waals surface area contributed by atoms with Gasteiger partial charge in [-0.1, -0.05) is 17.7 Å². The monoisotopic (exact) mass is 386 g/mol. The molecule has 0 saturated heterocycles. The molecule has 7 heteroatoms. The Bertz CT molecular complexity index is 1030. The standard InChI is InChI=1S/C20H19ClN2O4/c1-11-4-6-15(8-12(11)2)26-10-18(24)22-23-20(25)19-13(3)16-9-14(21)5-7-17(16)27-19/h4-9H,10H2,1-3H3,(H,22,24)(H,23,25). The average molecular weight is 387 g/mol. The Morgan fingerprint density at radius 3 is 2.56 bits per heavy atom. The van der Waals surface area contributed by atoms with Crippen molar-refractivity contribution in [2.45, 2.75) is 20.8 Å². The van der Waals surface area contributed by atoms with Crippen molar-refractivity contribution in [2.75, 3.05) is 6.61 Å². The lowest BCUT2D eigenvalue weighted by molar-refractivity contribution is -0.123. The Morgan fingerprint density at radius 1 is 1.04 bits per heavy atom. The van der Waals surface area contributed by atoms with E-state index in [0.717, 1.165) is 16.5 Å². The van der Waals surface area contributed by atoms with Gasteiger partial charge >= 0.3 is 5.91 Å². The van der Waals surface area contributed by atoms with E-state index in [1.165, 1.54) is 0 Å². The highest BCUT2D eigenvalue weighted by atomic mass is 35.5. The number of rotatable bonds is 4. The first-order chi connectivity index (χ1) is 12.8. The molecule has 0 unspecified atom stereocenters. The second kappa shape index (κ2) is 7.72. The Morgan fingerprint density at radius 2 is 1.81 bits per heavy atom. The van der Waals surface area contributed by atoms with E-state index >= 15 is 0 Å². The predicted octanol–water partition coefficient (Wildman–Crippen LogP) is 3.85. The van der Waals surface area contributed by atoms with Crippen molar-refractivity contribution >= 4 is 34.4 Å². The fraction of sp³-hybridized carbons (Fsp3) is 0.200. The number of carbonyl (C=O) groups is 2. The molecule has 140 valence electrons. The minimum Gasteiger partial charge on any atom is -0.484 e. The molecule has 0 fully saturated rings. The van der Waals surface area contributed by atoms with Gasteiger partial charge in [-0.25, -0.2) is 0 Å². The number of aryl methyl sites for hydroxylation is 3. The Labute approximate surface area is 161 Å². The van der Waals surface area contributed by atoms with Crippen LogP contribution in [0, 0.1) is 20.8 Å². The molecular formula is C20H19ClN2O4. The second-order valence-corrected chi connectivity index (χ2v) is 6.67. The third-order valence-corrected chi connectivity index (χ3v) is 4.50. The van der Waals surface area contributed by atoms with E-state index < -0.39 is 11.8 Å². The summed E-state index contributed by atoms with van der Waals surface area (Å²) in [7, 11) is 0. The number of halogens is 1. The van der Waals surface area contributed by atoms with Crippen molar-refractivity contribution in [3.05, 3.63) is 63.9 Å². The van der Waals surface area contributed by atoms with E-state index in [4.69, 9.17) is 20.8 Å². The summed E-state index contributed by atoms with van der Waals surface area (Å²) in [6, 6.07) is 10.7. The first kappa shape index (κ1) is 18.8. The van der Waals surface area contributed by atoms with Crippen LogP contribution < -0.4 is 15.6 Å². The first-order valence-electron chi connectivity index (χ1n) is 8.33. The van der Waals surface area contributed by atoms with Crippen molar-refractivity contribution in [3.63, 3.8) is 0 Å². The van der Waals surface area contributed by atoms with E-state index in [1.807, 2.05) is 26.0 Å².